The highest BCUT2D eigenvalue weighted by molar-refractivity contribution is 5.86. The highest BCUT2D eigenvalue weighted by Crippen LogP contribution is 2.20. The first-order chi connectivity index (χ1) is 8.73. The highest BCUT2D eigenvalue weighted by Gasteiger charge is 2.32. The van der Waals surface area contributed by atoms with Gasteiger partial charge in [0.05, 0.1) is 0 Å². The van der Waals surface area contributed by atoms with Crippen molar-refractivity contribution in [2.45, 2.75) is 71.6 Å². The van der Waals surface area contributed by atoms with E-state index >= 15 is 0 Å². The molecule has 0 aromatic rings. The molecule has 2 N–H and O–H groups in total. The summed E-state index contributed by atoms with van der Waals surface area (Å²) in [7, 11) is 0. The summed E-state index contributed by atoms with van der Waals surface area (Å²) in [6.07, 6.45) is 2.35. The molecule has 2 unspecified atom stereocenters. The molecule has 1 rings (SSSR count). The molecular formula is C14H26N2O3. The zero-order valence-corrected chi connectivity index (χ0v) is 12.6. The third-order valence-corrected chi connectivity index (χ3v) is 3.09. The zero-order valence-electron chi connectivity index (χ0n) is 12.6. The van der Waals surface area contributed by atoms with Gasteiger partial charge in [0, 0.05) is 6.04 Å². The van der Waals surface area contributed by atoms with Crippen LogP contribution in [0.25, 0.3) is 0 Å². The van der Waals surface area contributed by atoms with Gasteiger partial charge in [-0.2, -0.15) is 0 Å². The van der Waals surface area contributed by atoms with Gasteiger partial charge >= 0.3 is 6.09 Å². The molecule has 0 heterocycles. The molecule has 5 heteroatoms. The minimum absolute atomic E-state index is 0.0752. The van der Waals surface area contributed by atoms with Crippen LogP contribution in [0.5, 0.6) is 0 Å². The van der Waals surface area contributed by atoms with E-state index in [4.69, 9.17) is 4.74 Å². The topological polar surface area (TPSA) is 67.4 Å². The Kier molecular flexibility index (Phi) is 5.20. The van der Waals surface area contributed by atoms with Gasteiger partial charge in [-0.15, -0.1) is 0 Å². The van der Waals surface area contributed by atoms with Gasteiger partial charge in [-0.3, -0.25) is 4.79 Å². The summed E-state index contributed by atoms with van der Waals surface area (Å²) in [4.78, 5) is 23.9. The monoisotopic (exact) mass is 270 g/mol. The maximum absolute atomic E-state index is 12.1. The Morgan fingerprint density at radius 2 is 1.89 bits per heavy atom. The summed E-state index contributed by atoms with van der Waals surface area (Å²) in [6.45, 7) is 9.35. The maximum atomic E-state index is 12.1. The van der Waals surface area contributed by atoms with Crippen LogP contribution >= 0.6 is 0 Å². The third-order valence-electron chi connectivity index (χ3n) is 3.09. The second-order valence-corrected chi connectivity index (χ2v) is 6.29. The number of amides is 2. The van der Waals surface area contributed by atoms with Gasteiger partial charge in [-0.25, -0.2) is 4.79 Å². The Morgan fingerprint density at radius 1 is 1.32 bits per heavy atom. The predicted molar refractivity (Wildman–Crippen MR) is 73.8 cm³/mol. The number of carbonyl (C=O) groups is 2. The second kappa shape index (κ2) is 6.26. The summed E-state index contributed by atoms with van der Waals surface area (Å²) in [5.41, 5.74) is -0.558. The Labute approximate surface area is 115 Å². The molecule has 1 aliphatic rings. The molecule has 0 aromatic carbocycles. The predicted octanol–water partition coefficient (Wildman–Crippen LogP) is 2.20. The van der Waals surface area contributed by atoms with Gasteiger partial charge in [-0.1, -0.05) is 20.3 Å². The van der Waals surface area contributed by atoms with Gasteiger partial charge < -0.3 is 15.4 Å². The van der Waals surface area contributed by atoms with Crippen LogP contribution in [0.1, 0.15) is 53.9 Å². The van der Waals surface area contributed by atoms with Crippen molar-refractivity contribution < 1.29 is 14.3 Å². The van der Waals surface area contributed by atoms with Crippen molar-refractivity contribution in [3.05, 3.63) is 0 Å². The summed E-state index contributed by atoms with van der Waals surface area (Å²) in [5.74, 6) is -0.0334. The Hall–Kier alpha value is -1.26. The molecule has 1 aliphatic carbocycles. The highest BCUT2D eigenvalue weighted by atomic mass is 16.6. The molecule has 0 radical (unpaired) electrons. The van der Waals surface area contributed by atoms with E-state index in [-0.39, 0.29) is 11.8 Å². The van der Waals surface area contributed by atoms with Gasteiger partial charge in [0.25, 0.3) is 0 Å². The third kappa shape index (κ3) is 5.94. The van der Waals surface area contributed by atoms with Crippen LogP contribution < -0.4 is 10.6 Å². The average molecular weight is 270 g/mol. The summed E-state index contributed by atoms with van der Waals surface area (Å²) < 4.78 is 5.20. The quantitative estimate of drug-likeness (QED) is 0.805. The van der Waals surface area contributed by atoms with Crippen LogP contribution in [0.2, 0.25) is 0 Å². The average Bonchev–Trinajstić information content (AvgIpc) is 3.06. The first kappa shape index (κ1) is 15.8. The van der Waals surface area contributed by atoms with Gasteiger partial charge in [0.15, 0.2) is 0 Å². The van der Waals surface area contributed by atoms with Crippen molar-refractivity contribution in [1.82, 2.24) is 10.6 Å². The molecule has 0 aliphatic heterocycles. The van der Waals surface area contributed by atoms with Crippen molar-refractivity contribution in [3.63, 3.8) is 0 Å². The second-order valence-electron chi connectivity index (χ2n) is 6.29. The van der Waals surface area contributed by atoms with E-state index in [1.807, 2.05) is 13.8 Å². The molecule has 19 heavy (non-hydrogen) atoms. The number of rotatable bonds is 5. The molecule has 1 fully saturated rings. The Morgan fingerprint density at radius 3 is 2.32 bits per heavy atom. The van der Waals surface area contributed by atoms with Crippen molar-refractivity contribution in [2.75, 3.05) is 0 Å². The Bertz CT molecular complexity index is 332. The lowest BCUT2D eigenvalue weighted by atomic mass is 9.98. The molecule has 2 atom stereocenters. The lowest BCUT2D eigenvalue weighted by Crippen LogP contribution is -2.51. The van der Waals surface area contributed by atoms with E-state index in [0.717, 1.165) is 19.3 Å². The molecule has 0 spiro atoms. The first-order valence-electron chi connectivity index (χ1n) is 7.03. The minimum atomic E-state index is -0.558. The SMILES string of the molecule is CCC(C)C(NC(=O)OC(C)(C)C)C(=O)NC1CC1. The zero-order chi connectivity index (χ0) is 14.6. The molecule has 110 valence electrons. The summed E-state index contributed by atoms with van der Waals surface area (Å²) >= 11 is 0. The lowest BCUT2D eigenvalue weighted by molar-refractivity contribution is -0.124. The van der Waals surface area contributed by atoms with Crippen LogP contribution in [0.15, 0.2) is 0 Å². The van der Waals surface area contributed by atoms with E-state index in [2.05, 4.69) is 10.6 Å². The van der Waals surface area contributed by atoms with Crippen molar-refractivity contribution in [1.29, 1.82) is 0 Å². The van der Waals surface area contributed by atoms with Crippen molar-refractivity contribution in [2.24, 2.45) is 5.92 Å². The normalized spacial score (nSPS) is 18.4. The molecule has 0 aromatic heterocycles. The number of nitrogens with one attached hydrogen (secondary N) is 2. The maximum Gasteiger partial charge on any atom is 0.408 e. The largest absolute Gasteiger partial charge is 0.444 e. The summed E-state index contributed by atoms with van der Waals surface area (Å²) in [5, 5.41) is 5.61. The lowest BCUT2D eigenvalue weighted by Gasteiger charge is -2.26. The Balaban J connectivity index is 2.57. The number of hydrogen-bond acceptors (Lipinski definition) is 3. The number of carbonyl (C=O) groups excluding carboxylic acids is 2. The van der Waals surface area contributed by atoms with Gasteiger partial charge in [-0.05, 0) is 39.5 Å². The van der Waals surface area contributed by atoms with Gasteiger partial charge in [0.1, 0.15) is 11.6 Å². The number of alkyl carbamates (subject to hydrolysis) is 1. The van der Waals surface area contributed by atoms with Crippen LogP contribution in [-0.2, 0) is 9.53 Å². The number of ether oxygens (including phenoxy) is 1. The number of hydrogen-bond donors (Lipinski definition) is 2. The minimum Gasteiger partial charge on any atom is -0.444 e. The van der Waals surface area contributed by atoms with Crippen LogP contribution in [0, 0.1) is 5.92 Å². The molecule has 1 saturated carbocycles. The molecule has 0 bridgehead atoms. The van der Waals surface area contributed by atoms with E-state index in [1.165, 1.54) is 0 Å². The summed E-state index contributed by atoms with van der Waals surface area (Å²) in [6, 6.07) is -0.236. The van der Waals surface area contributed by atoms with Crippen molar-refractivity contribution in [3.8, 4) is 0 Å². The van der Waals surface area contributed by atoms with E-state index < -0.39 is 17.7 Å². The molecule has 0 saturated heterocycles. The van der Waals surface area contributed by atoms with Crippen LogP contribution in [0.3, 0.4) is 0 Å². The fraction of sp³-hybridized carbons (Fsp3) is 0.857. The molecule has 2 amide bonds. The van der Waals surface area contributed by atoms with Gasteiger partial charge in [0.2, 0.25) is 5.91 Å². The van der Waals surface area contributed by atoms with Crippen LogP contribution in [-0.4, -0.2) is 29.7 Å². The standard InChI is InChI=1S/C14H26N2O3/c1-6-9(2)11(12(17)15-10-7-8-10)16-13(18)19-14(3,4)5/h9-11H,6-8H2,1-5H3,(H,15,17)(H,16,18). The van der Waals surface area contributed by atoms with E-state index in [0.29, 0.717) is 6.04 Å². The first-order valence-corrected chi connectivity index (χ1v) is 7.03. The van der Waals surface area contributed by atoms with Crippen LogP contribution in [0.4, 0.5) is 4.79 Å². The van der Waals surface area contributed by atoms with E-state index in [9.17, 15) is 9.59 Å². The molecule has 5 nitrogen and oxygen atoms in total. The fourth-order valence-electron chi connectivity index (χ4n) is 1.66. The van der Waals surface area contributed by atoms with E-state index in [1.54, 1.807) is 20.8 Å². The smallest absolute Gasteiger partial charge is 0.408 e. The fourth-order valence-corrected chi connectivity index (χ4v) is 1.66. The molecular weight excluding hydrogens is 244 g/mol. The van der Waals surface area contributed by atoms with Crippen molar-refractivity contribution >= 4 is 12.0 Å².